The molecular formula is C21H22N6O. The predicted octanol–water partition coefficient (Wildman–Crippen LogP) is 3.34. The van der Waals surface area contributed by atoms with E-state index in [4.69, 9.17) is 0 Å². The second-order valence-electron chi connectivity index (χ2n) is 6.99. The summed E-state index contributed by atoms with van der Waals surface area (Å²) in [5.74, 6) is 1.83. The number of aromatic nitrogens is 4. The highest BCUT2D eigenvalue weighted by Gasteiger charge is 2.26. The lowest BCUT2D eigenvalue weighted by molar-refractivity contribution is 0.0706. The molecule has 0 aromatic carbocycles. The number of amides is 1. The second kappa shape index (κ2) is 8.12. The minimum absolute atomic E-state index is 0.0122. The van der Waals surface area contributed by atoms with E-state index in [9.17, 15) is 4.79 Å². The van der Waals surface area contributed by atoms with Gasteiger partial charge >= 0.3 is 0 Å². The number of hydrogen-bond donors (Lipinski definition) is 1. The van der Waals surface area contributed by atoms with Crippen LogP contribution in [0.25, 0.3) is 0 Å². The molecule has 4 heterocycles. The molecule has 28 heavy (non-hydrogen) atoms. The van der Waals surface area contributed by atoms with Crippen molar-refractivity contribution in [3.05, 3.63) is 72.1 Å². The van der Waals surface area contributed by atoms with Crippen molar-refractivity contribution in [1.82, 2.24) is 24.8 Å². The van der Waals surface area contributed by atoms with Crippen LogP contribution in [0.1, 0.15) is 40.2 Å². The fourth-order valence-electron chi connectivity index (χ4n) is 3.53. The molecule has 4 rings (SSSR count). The third-order valence-electron chi connectivity index (χ3n) is 5.03. The van der Waals surface area contributed by atoms with Crippen molar-refractivity contribution in [3.8, 4) is 0 Å². The predicted molar refractivity (Wildman–Crippen MR) is 106 cm³/mol. The number of nitrogens with zero attached hydrogens (tertiary/aromatic N) is 5. The maximum Gasteiger partial charge on any atom is 0.257 e. The van der Waals surface area contributed by atoms with Crippen molar-refractivity contribution >= 4 is 17.5 Å². The average molecular weight is 374 g/mol. The van der Waals surface area contributed by atoms with E-state index in [-0.39, 0.29) is 11.8 Å². The van der Waals surface area contributed by atoms with Crippen LogP contribution < -0.4 is 5.32 Å². The lowest BCUT2D eigenvalue weighted by Gasteiger charge is -2.33. The largest absolute Gasteiger partial charge is 0.338 e. The Kier molecular flexibility index (Phi) is 5.23. The smallest absolute Gasteiger partial charge is 0.257 e. The molecule has 0 aliphatic carbocycles. The Hall–Kier alpha value is -3.35. The molecule has 1 saturated heterocycles. The second-order valence-corrected chi connectivity index (χ2v) is 6.99. The number of hydrogen-bond acceptors (Lipinski definition) is 6. The molecule has 1 amide bonds. The number of pyridine rings is 2. The number of carbonyl (C=O) groups excluding carboxylic acids is 1. The van der Waals surface area contributed by atoms with E-state index >= 15 is 0 Å². The molecule has 1 fully saturated rings. The van der Waals surface area contributed by atoms with Gasteiger partial charge in [-0.3, -0.25) is 4.79 Å². The Morgan fingerprint density at radius 2 is 2.04 bits per heavy atom. The van der Waals surface area contributed by atoms with Crippen LogP contribution in [0.2, 0.25) is 0 Å². The molecule has 1 N–H and O–H groups in total. The van der Waals surface area contributed by atoms with Gasteiger partial charge in [0.25, 0.3) is 5.91 Å². The number of nitrogens with one attached hydrogen (secondary N) is 1. The van der Waals surface area contributed by atoms with Crippen LogP contribution in [0.3, 0.4) is 0 Å². The van der Waals surface area contributed by atoms with Crippen LogP contribution in [-0.4, -0.2) is 43.8 Å². The minimum atomic E-state index is -0.0122. The molecule has 1 aliphatic heterocycles. The van der Waals surface area contributed by atoms with E-state index < -0.39 is 0 Å². The highest BCUT2D eigenvalue weighted by molar-refractivity contribution is 5.93. The average Bonchev–Trinajstić information content (AvgIpc) is 2.76. The van der Waals surface area contributed by atoms with Crippen molar-refractivity contribution in [2.24, 2.45) is 0 Å². The number of likely N-dealkylation sites (tertiary alicyclic amines) is 1. The van der Waals surface area contributed by atoms with Gasteiger partial charge in [0.15, 0.2) is 0 Å². The summed E-state index contributed by atoms with van der Waals surface area (Å²) in [5.41, 5.74) is 2.77. The lowest BCUT2D eigenvalue weighted by Crippen LogP contribution is -2.39. The van der Waals surface area contributed by atoms with Crippen molar-refractivity contribution in [2.45, 2.75) is 25.7 Å². The molecular weight excluding hydrogens is 352 g/mol. The van der Waals surface area contributed by atoms with Crippen LogP contribution in [0, 0.1) is 6.92 Å². The van der Waals surface area contributed by atoms with Gasteiger partial charge in [0.05, 0.1) is 5.56 Å². The topological polar surface area (TPSA) is 83.9 Å². The summed E-state index contributed by atoms with van der Waals surface area (Å²) in [6, 6.07) is 8.01. The van der Waals surface area contributed by atoms with Gasteiger partial charge < -0.3 is 10.2 Å². The van der Waals surface area contributed by atoms with Gasteiger partial charge in [0.2, 0.25) is 0 Å². The lowest BCUT2D eigenvalue weighted by atomic mass is 9.91. The van der Waals surface area contributed by atoms with Crippen molar-refractivity contribution < 1.29 is 4.79 Å². The summed E-state index contributed by atoms with van der Waals surface area (Å²) in [6.45, 7) is 3.45. The fraction of sp³-hybridized carbons (Fsp3) is 0.286. The highest BCUT2D eigenvalue weighted by Crippen LogP contribution is 2.29. The molecule has 3 aromatic heterocycles. The number of anilines is 2. The van der Waals surface area contributed by atoms with Crippen LogP contribution in [-0.2, 0) is 0 Å². The van der Waals surface area contributed by atoms with E-state index in [1.165, 1.54) is 11.9 Å². The minimum Gasteiger partial charge on any atom is -0.338 e. The monoisotopic (exact) mass is 374 g/mol. The third-order valence-corrected chi connectivity index (χ3v) is 5.03. The number of carbonyl (C=O) groups is 1. The molecule has 0 spiro atoms. The summed E-state index contributed by atoms with van der Waals surface area (Å²) in [6.07, 6.45) is 10.2. The van der Waals surface area contributed by atoms with Crippen molar-refractivity contribution in [1.29, 1.82) is 0 Å². The van der Waals surface area contributed by atoms with Gasteiger partial charge in [-0.05, 0) is 49.1 Å². The molecule has 0 saturated carbocycles. The van der Waals surface area contributed by atoms with Crippen molar-refractivity contribution in [3.63, 3.8) is 0 Å². The van der Waals surface area contributed by atoms with Gasteiger partial charge in [-0.25, -0.2) is 19.9 Å². The molecule has 0 bridgehead atoms. The molecule has 0 radical (unpaired) electrons. The maximum absolute atomic E-state index is 12.7. The first-order chi connectivity index (χ1) is 13.7. The maximum atomic E-state index is 12.7. The number of piperidine rings is 1. The van der Waals surface area contributed by atoms with E-state index in [2.05, 4.69) is 31.3 Å². The summed E-state index contributed by atoms with van der Waals surface area (Å²) in [7, 11) is 0. The number of aryl methyl sites for hydroxylation is 1. The standard InChI is InChI=1S/C21H22N6O/c1-15-4-2-7-25-20(15)26-19-10-16(6-8-24-19)17-5-3-9-27(13-17)21(28)18-11-22-14-23-12-18/h2,4,6-8,10-12,14,17H,3,5,9,13H2,1H3,(H,24,25,26)/t17-/m1/s1. The SMILES string of the molecule is Cc1cccnc1Nc1cc([C@@H]2CCCN(C(=O)c3cncnc3)C2)ccn1. The quantitative estimate of drug-likeness (QED) is 0.754. The van der Waals surface area contributed by atoms with Crippen LogP contribution in [0.5, 0.6) is 0 Å². The molecule has 1 aliphatic rings. The fourth-order valence-corrected chi connectivity index (χ4v) is 3.53. The van der Waals surface area contributed by atoms with Crippen LogP contribution in [0.4, 0.5) is 11.6 Å². The molecule has 3 aromatic rings. The van der Waals surface area contributed by atoms with Gasteiger partial charge in [0.1, 0.15) is 18.0 Å². The Labute approximate surface area is 163 Å². The van der Waals surface area contributed by atoms with E-state index in [0.717, 1.165) is 36.6 Å². The molecule has 7 heteroatoms. The van der Waals surface area contributed by atoms with Gasteiger partial charge in [0, 0.05) is 43.8 Å². The number of rotatable bonds is 4. The summed E-state index contributed by atoms with van der Waals surface area (Å²) in [4.78, 5) is 31.3. The van der Waals surface area contributed by atoms with Gasteiger partial charge in [-0.1, -0.05) is 6.07 Å². The third kappa shape index (κ3) is 3.98. The first kappa shape index (κ1) is 18.0. The van der Waals surface area contributed by atoms with Crippen LogP contribution >= 0.6 is 0 Å². The zero-order chi connectivity index (χ0) is 19.3. The zero-order valence-electron chi connectivity index (χ0n) is 15.7. The van der Waals surface area contributed by atoms with Crippen LogP contribution in [0.15, 0.2) is 55.4 Å². The summed E-state index contributed by atoms with van der Waals surface area (Å²) in [5, 5.41) is 3.29. The molecule has 142 valence electrons. The van der Waals surface area contributed by atoms with E-state index in [1.807, 2.05) is 36.2 Å². The summed E-state index contributed by atoms with van der Waals surface area (Å²) < 4.78 is 0. The van der Waals surface area contributed by atoms with Crippen molar-refractivity contribution in [2.75, 3.05) is 18.4 Å². The Balaban J connectivity index is 1.49. The Bertz CT molecular complexity index is 962. The molecule has 7 nitrogen and oxygen atoms in total. The summed E-state index contributed by atoms with van der Waals surface area (Å²) >= 11 is 0. The highest BCUT2D eigenvalue weighted by atomic mass is 16.2. The normalized spacial score (nSPS) is 16.6. The van der Waals surface area contributed by atoms with E-state index in [1.54, 1.807) is 18.6 Å². The first-order valence-corrected chi connectivity index (χ1v) is 9.39. The molecule has 1 atom stereocenters. The zero-order valence-corrected chi connectivity index (χ0v) is 15.7. The molecule has 0 unspecified atom stereocenters. The van der Waals surface area contributed by atoms with E-state index in [0.29, 0.717) is 12.1 Å². The Morgan fingerprint density at radius 1 is 1.18 bits per heavy atom. The van der Waals surface area contributed by atoms with Gasteiger partial charge in [-0.2, -0.15) is 0 Å². The first-order valence-electron chi connectivity index (χ1n) is 9.39. The Morgan fingerprint density at radius 3 is 2.86 bits per heavy atom. The van der Waals surface area contributed by atoms with Gasteiger partial charge in [-0.15, -0.1) is 0 Å².